The van der Waals surface area contributed by atoms with Crippen LogP contribution < -0.4 is 0 Å². The molecule has 0 aliphatic carbocycles. The zero-order valence-electron chi connectivity index (χ0n) is 7.33. The van der Waals surface area contributed by atoms with Crippen molar-refractivity contribution in [3.05, 3.63) is 46.9 Å². The van der Waals surface area contributed by atoms with Gasteiger partial charge in [-0.3, -0.25) is 0 Å². The molecule has 0 saturated heterocycles. The number of fused-ring (bicyclic) bond motifs is 3. The van der Waals surface area contributed by atoms with Gasteiger partial charge in [-0.1, -0.05) is 0 Å². The van der Waals surface area contributed by atoms with E-state index < -0.39 is 0 Å². The maximum absolute atomic E-state index is 3.63. The minimum atomic E-state index is 0.496. The van der Waals surface area contributed by atoms with Crippen molar-refractivity contribution >= 4 is 49.7 Å². The van der Waals surface area contributed by atoms with Crippen LogP contribution in [-0.4, -0.2) is 14.5 Å². The quantitative estimate of drug-likeness (QED) is 0.554. The van der Waals surface area contributed by atoms with Gasteiger partial charge in [0.2, 0.25) is 0 Å². The topological polar surface area (TPSA) is 0 Å². The number of hydrogen-bond donors (Lipinski definition) is 0. The predicted molar refractivity (Wildman–Crippen MR) is 66.1 cm³/mol. The molecule has 0 bridgehead atoms. The molecule has 1 heterocycles. The van der Waals surface area contributed by atoms with Crippen molar-refractivity contribution < 1.29 is 0 Å². The second kappa shape index (κ2) is 3.23. The van der Waals surface area contributed by atoms with Crippen LogP contribution in [0.1, 0.15) is 0 Å². The normalized spacial score (nSPS) is 11.2. The maximum atomic E-state index is 3.63. The van der Waals surface area contributed by atoms with Gasteiger partial charge in [-0.05, 0) is 0 Å². The molecule has 0 unspecified atom stereocenters. The van der Waals surface area contributed by atoms with E-state index in [1.165, 1.54) is 23.8 Å². The Morgan fingerprint density at radius 3 is 2.57 bits per heavy atom. The fraction of sp³-hybridized carbons (Fsp3) is 0. The van der Waals surface area contributed by atoms with Crippen molar-refractivity contribution in [2.45, 2.75) is 0 Å². The Hall–Kier alpha value is -0.561. The summed E-state index contributed by atoms with van der Waals surface area (Å²) in [5, 5.41) is 2.82. The molecule has 0 fully saturated rings. The summed E-state index contributed by atoms with van der Waals surface area (Å²) in [6, 6.07) is 15.2. The van der Waals surface area contributed by atoms with Gasteiger partial charge in [0.25, 0.3) is 0 Å². The summed E-state index contributed by atoms with van der Waals surface area (Å²) in [6.45, 7) is 0. The number of rotatable bonds is 0. The van der Waals surface area contributed by atoms with Crippen LogP contribution in [0.25, 0.3) is 19.3 Å². The van der Waals surface area contributed by atoms with Crippen molar-refractivity contribution in [2.24, 2.45) is 0 Å². The van der Waals surface area contributed by atoms with E-state index in [4.69, 9.17) is 0 Å². The van der Waals surface area contributed by atoms with Gasteiger partial charge >= 0.3 is 96.7 Å². The van der Waals surface area contributed by atoms with Gasteiger partial charge in [0.1, 0.15) is 0 Å². The molecule has 14 heavy (non-hydrogen) atoms. The molecule has 68 valence electrons. The molecule has 0 radical (unpaired) electrons. The summed E-state index contributed by atoms with van der Waals surface area (Å²) in [7, 11) is 0. The van der Waals surface area contributed by atoms with Crippen LogP contribution in [0.2, 0.25) is 0 Å². The van der Waals surface area contributed by atoms with E-state index in [2.05, 4.69) is 58.4 Å². The van der Waals surface area contributed by atoms with Crippen LogP contribution in [0.15, 0.2) is 46.9 Å². The molecular weight excluding hydrogens is 303 g/mol. The standard InChI is InChI=1S/C12H7BrSe/c13-9-5-3-7-11-12(9)8-4-1-2-6-10(8)14-11/h1-7H. The summed E-state index contributed by atoms with van der Waals surface area (Å²) in [6.07, 6.45) is 0. The zero-order chi connectivity index (χ0) is 9.54. The van der Waals surface area contributed by atoms with Crippen molar-refractivity contribution in [3.63, 3.8) is 0 Å². The first kappa shape index (κ1) is 8.72. The Kier molecular flexibility index (Phi) is 2.01. The number of hydrogen-bond acceptors (Lipinski definition) is 0. The van der Waals surface area contributed by atoms with Gasteiger partial charge in [-0.15, -0.1) is 0 Å². The molecule has 0 nitrogen and oxygen atoms in total. The van der Waals surface area contributed by atoms with E-state index in [0.717, 1.165) is 0 Å². The molecule has 0 N–H and O–H groups in total. The molecule has 0 saturated carbocycles. The van der Waals surface area contributed by atoms with Crippen molar-refractivity contribution in [3.8, 4) is 0 Å². The Morgan fingerprint density at radius 2 is 1.64 bits per heavy atom. The number of halogens is 1. The fourth-order valence-corrected chi connectivity index (χ4v) is 4.98. The first-order chi connectivity index (χ1) is 6.86. The average molecular weight is 310 g/mol. The van der Waals surface area contributed by atoms with Crippen LogP contribution in [0.5, 0.6) is 0 Å². The monoisotopic (exact) mass is 310 g/mol. The summed E-state index contributed by atoms with van der Waals surface area (Å²) >= 11 is 4.12. The molecule has 0 amide bonds. The fourth-order valence-electron chi connectivity index (χ4n) is 1.73. The van der Waals surface area contributed by atoms with E-state index in [-0.39, 0.29) is 0 Å². The third-order valence-electron chi connectivity index (χ3n) is 2.35. The molecular formula is C12H7BrSe. The molecule has 0 spiro atoms. The van der Waals surface area contributed by atoms with E-state index in [9.17, 15) is 0 Å². The predicted octanol–water partition coefficient (Wildman–Crippen LogP) is 3.81. The van der Waals surface area contributed by atoms with Crippen molar-refractivity contribution in [1.82, 2.24) is 0 Å². The van der Waals surface area contributed by atoms with Gasteiger partial charge in [-0.2, -0.15) is 0 Å². The van der Waals surface area contributed by atoms with Gasteiger partial charge in [0.05, 0.1) is 0 Å². The van der Waals surface area contributed by atoms with Crippen LogP contribution in [0, 0.1) is 0 Å². The van der Waals surface area contributed by atoms with E-state index in [1.54, 1.807) is 0 Å². The van der Waals surface area contributed by atoms with Gasteiger partial charge in [0, 0.05) is 0 Å². The molecule has 0 atom stereocenters. The van der Waals surface area contributed by atoms with E-state index >= 15 is 0 Å². The average Bonchev–Trinajstić information content (AvgIpc) is 2.57. The third-order valence-corrected chi connectivity index (χ3v) is 5.40. The molecule has 3 rings (SSSR count). The third kappa shape index (κ3) is 1.18. The second-order valence-electron chi connectivity index (χ2n) is 3.21. The Bertz CT molecular complexity index is 610. The SMILES string of the molecule is Brc1cccc2[se]c3ccccc3c12. The molecule has 0 aliphatic heterocycles. The molecule has 2 heteroatoms. The van der Waals surface area contributed by atoms with Crippen LogP contribution in [-0.2, 0) is 0 Å². The Labute approximate surface area is 96.4 Å². The molecule has 3 aromatic rings. The number of benzene rings is 2. The first-order valence-electron chi connectivity index (χ1n) is 4.42. The second-order valence-corrected chi connectivity index (χ2v) is 6.34. The van der Waals surface area contributed by atoms with Gasteiger partial charge in [0.15, 0.2) is 0 Å². The first-order valence-corrected chi connectivity index (χ1v) is 6.92. The van der Waals surface area contributed by atoms with Crippen LogP contribution in [0.4, 0.5) is 0 Å². The molecule has 2 aromatic carbocycles. The summed E-state index contributed by atoms with van der Waals surface area (Å²) in [5.41, 5.74) is 0. The van der Waals surface area contributed by atoms with Crippen molar-refractivity contribution in [1.29, 1.82) is 0 Å². The van der Waals surface area contributed by atoms with Crippen molar-refractivity contribution in [2.75, 3.05) is 0 Å². The summed E-state index contributed by atoms with van der Waals surface area (Å²) in [4.78, 5) is 0. The van der Waals surface area contributed by atoms with Gasteiger partial charge < -0.3 is 0 Å². The zero-order valence-corrected chi connectivity index (χ0v) is 10.6. The molecule has 1 aromatic heterocycles. The molecule has 0 aliphatic rings. The minimum absolute atomic E-state index is 0.496. The Morgan fingerprint density at radius 1 is 0.857 bits per heavy atom. The van der Waals surface area contributed by atoms with E-state index in [1.807, 2.05) is 0 Å². The van der Waals surface area contributed by atoms with Crippen LogP contribution >= 0.6 is 15.9 Å². The van der Waals surface area contributed by atoms with Gasteiger partial charge in [-0.25, -0.2) is 0 Å². The summed E-state index contributed by atoms with van der Waals surface area (Å²) < 4.78 is 4.22. The Balaban J connectivity index is 2.65. The van der Waals surface area contributed by atoms with E-state index in [0.29, 0.717) is 14.5 Å². The summed E-state index contributed by atoms with van der Waals surface area (Å²) in [5.74, 6) is 0. The van der Waals surface area contributed by atoms with Crippen LogP contribution in [0.3, 0.4) is 0 Å².